The van der Waals surface area contributed by atoms with Gasteiger partial charge in [-0.25, -0.2) is 0 Å². The Balaban J connectivity index is 1.50. The normalized spacial score (nSPS) is 30.1. The molecule has 1 spiro atoms. The molecule has 1 N–H and O–H groups in total. The summed E-state index contributed by atoms with van der Waals surface area (Å²) in [6.45, 7) is 8.61. The van der Waals surface area contributed by atoms with E-state index in [9.17, 15) is 19.5 Å². The van der Waals surface area contributed by atoms with Crippen LogP contribution in [0.25, 0.3) is 0 Å². The van der Waals surface area contributed by atoms with Crippen LogP contribution in [-0.4, -0.2) is 69.5 Å². The lowest BCUT2D eigenvalue weighted by Crippen LogP contribution is -2.58. The molecule has 3 amide bonds. The molecule has 0 radical (unpaired) electrons. The number of nitrogens with zero attached hydrogens (tertiary/aromatic N) is 3. The lowest BCUT2D eigenvalue weighted by Gasteiger charge is -2.40. The molecule has 2 fully saturated rings. The largest absolute Gasteiger partial charge is 0.394 e. The lowest BCUT2D eigenvalue weighted by atomic mass is 9.78. The number of aliphatic hydroxyl groups excluding tert-OH is 1. The quantitative estimate of drug-likeness (QED) is 0.505. The van der Waals surface area contributed by atoms with E-state index in [1.807, 2.05) is 94.5 Å². The van der Waals surface area contributed by atoms with Crippen molar-refractivity contribution in [3.63, 3.8) is 0 Å². The smallest absolute Gasteiger partial charge is 0.251 e. The highest BCUT2D eigenvalue weighted by Crippen LogP contribution is 2.62. The Morgan fingerprint density at radius 3 is 2.29 bits per heavy atom. The van der Waals surface area contributed by atoms with Crippen molar-refractivity contribution in [3.8, 4) is 0 Å². The van der Waals surface area contributed by atoms with Gasteiger partial charge >= 0.3 is 0 Å². The van der Waals surface area contributed by atoms with Crippen LogP contribution in [-0.2, 0) is 14.4 Å². The number of likely N-dealkylation sites (tertiary alicyclic amines) is 1. The Morgan fingerprint density at radius 1 is 0.929 bits per heavy atom. The minimum atomic E-state index is -0.935. The average Bonchev–Trinajstić information content (AvgIpc) is 3.30. The zero-order chi connectivity index (χ0) is 29.8. The molecule has 0 aliphatic carbocycles. The molecule has 2 aromatic rings. The number of anilines is 2. The number of benzene rings is 2. The lowest BCUT2D eigenvalue weighted by molar-refractivity contribution is -0.142. The molecule has 6 rings (SSSR count). The number of hydrogen-bond acceptors (Lipinski definition) is 5. The Hall–Kier alpha value is -3.36. The molecule has 220 valence electrons. The molecule has 8 heteroatoms. The second kappa shape index (κ2) is 11.0. The summed E-state index contributed by atoms with van der Waals surface area (Å²) in [5.74, 6) is -1.85. The molecular weight excluding hydrogens is 546 g/mol. The minimum absolute atomic E-state index is 0.0325. The van der Waals surface area contributed by atoms with Gasteiger partial charge in [0.2, 0.25) is 11.8 Å². The van der Waals surface area contributed by atoms with Gasteiger partial charge in [0.15, 0.2) is 0 Å². The molecule has 1 unspecified atom stereocenters. The number of carbonyl (C=O) groups is 3. The second-order valence-electron chi connectivity index (χ2n) is 12.0. The number of para-hydroxylation sites is 2. The number of rotatable bonds is 6. The number of carbonyl (C=O) groups excluding carboxylic acids is 3. The zero-order valence-electron chi connectivity index (χ0n) is 24.6. The molecule has 7 nitrogen and oxygen atoms in total. The predicted octanol–water partition coefficient (Wildman–Crippen LogP) is 4.51. The van der Waals surface area contributed by atoms with E-state index in [-0.39, 0.29) is 35.5 Å². The highest BCUT2D eigenvalue weighted by molar-refractivity contribution is 8.02. The van der Waals surface area contributed by atoms with Crippen LogP contribution in [0.1, 0.15) is 31.4 Å². The monoisotopic (exact) mass is 585 g/mol. The summed E-state index contributed by atoms with van der Waals surface area (Å²) < 4.78 is -0.935. The summed E-state index contributed by atoms with van der Waals surface area (Å²) >= 11 is 1.58. The maximum Gasteiger partial charge on any atom is 0.251 e. The SMILES string of the molecule is CC[C@H](C)[C@H](CO)N1C(=O)[C@@H]2[C@H]3C(=O)N(c4ccccc4)CC=C[C@H]3S[C@@]23C=CCN(c2c(C)cccc2C)C(=O)C13. The number of aliphatic hydroxyl groups is 1. The van der Waals surface area contributed by atoms with Gasteiger partial charge in [-0.1, -0.05) is 81.0 Å². The van der Waals surface area contributed by atoms with Crippen molar-refractivity contribution in [2.45, 2.75) is 56.2 Å². The van der Waals surface area contributed by atoms with E-state index in [0.717, 1.165) is 28.9 Å². The Kier molecular flexibility index (Phi) is 7.56. The molecule has 4 heterocycles. The molecular formula is C34H39N3O4S. The summed E-state index contributed by atoms with van der Waals surface area (Å²) in [4.78, 5) is 49.3. The highest BCUT2D eigenvalue weighted by atomic mass is 32.2. The third-order valence-corrected chi connectivity index (χ3v) is 11.5. The molecule has 0 saturated carbocycles. The topological polar surface area (TPSA) is 81.2 Å². The third kappa shape index (κ3) is 4.25. The maximum absolute atomic E-state index is 14.9. The van der Waals surface area contributed by atoms with Crippen molar-refractivity contribution in [2.24, 2.45) is 17.8 Å². The van der Waals surface area contributed by atoms with Gasteiger partial charge < -0.3 is 19.8 Å². The second-order valence-corrected chi connectivity index (χ2v) is 13.5. The Labute approximate surface area is 252 Å². The summed E-state index contributed by atoms with van der Waals surface area (Å²) in [5.41, 5.74) is 3.62. The molecule has 7 atom stereocenters. The van der Waals surface area contributed by atoms with Gasteiger partial charge in [0.25, 0.3) is 5.91 Å². The number of thioether (sulfide) groups is 1. The number of hydrogen-bond donors (Lipinski definition) is 1. The van der Waals surface area contributed by atoms with Crippen LogP contribution in [0.2, 0.25) is 0 Å². The molecule has 0 aromatic heterocycles. The third-order valence-electron chi connectivity index (χ3n) is 9.72. The van der Waals surface area contributed by atoms with Gasteiger partial charge in [-0.2, -0.15) is 0 Å². The van der Waals surface area contributed by atoms with Crippen molar-refractivity contribution in [1.82, 2.24) is 4.90 Å². The van der Waals surface area contributed by atoms with Crippen LogP contribution in [0.3, 0.4) is 0 Å². The zero-order valence-corrected chi connectivity index (χ0v) is 25.5. The van der Waals surface area contributed by atoms with Crippen LogP contribution in [0, 0.1) is 31.6 Å². The first-order valence-electron chi connectivity index (χ1n) is 14.9. The predicted molar refractivity (Wildman–Crippen MR) is 167 cm³/mol. The van der Waals surface area contributed by atoms with E-state index in [2.05, 4.69) is 6.08 Å². The van der Waals surface area contributed by atoms with Crippen molar-refractivity contribution in [3.05, 3.63) is 84.0 Å². The first kappa shape index (κ1) is 28.7. The van der Waals surface area contributed by atoms with Crippen molar-refractivity contribution >= 4 is 40.9 Å². The average molecular weight is 586 g/mol. The standard InChI is InChI=1S/C34H39N3O4S/c1-5-21(2)25(20-38)37-30-33(41)36(29-22(3)12-9-13-23(29)4)19-11-17-34(30)28(32(37)40)27-26(42-34)16-10-18-35(31(27)39)24-14-7-6-8-15-24/h6-17,21,25-28,30,38H,5,18-20H2,1-4H3/t21-,25-,26+,27-,28-,30?,34-/m0/s1. The van der Waals surface area contributed by atoms with Crippen molar-refractivity contribution in [2.75, 3.05) is 29.5 Å². The van der Waals surface area contributed by atoms with Gasteiger partial charge in [-0.05, 0) is 43.0 Å². The molecule has 0 bridgehead atoms. The number of amides is 3. The van der Waals surface area contributed by atoms with Crippen molar-refractivity contribution in [1.29, 1.82) is 0 Å². The van der Waals surface area contributed by atoms with Gasteiger partial charge in [-0.3, -0.25) is 14.4 Å². The van der Waals surface area contributed by atoms with Crippen molar-refractivity contribution < 1.29 is 19.5 Å². The van der Waals surface area contributed by atoms with Gasteiger partial charge in [0.1, 0.15) is 6.04 Å². The fourth-order valence-electron chi connectivity index (χ4n) is 7.52. The number of fused-ring (bicyclic) bond motifs is 2. The van der Waals surface area contributed by atoms with E-state index in [0.29, 0.717) is 13.1 Å². The molecule has 2 aromatic carbocycles. The maximum atomic E-state index is 14.9. The van der Waals surface area contributed by atoms with E-state index in [1.54, 1.807) is 26.5 Å². The van der Waals surface area contributed by atoms with E-state index < -0.39 is 28.7 Å². The first-order valence-corrected chi connectivity index (χ1v) is 15.8. The molecule has 4 aliphatic rings. The molecule has 4 aliphatic heterocycles. The van der Waals surface area contributed by atoms with E-state index in [4.69, 9.17) is 0 Å². The van der Waals surface area contributed by atoms with Crippen LogP contribution in [0.4, 0.5) is 11.4 Å². The summed E-state index contributed by atoms with van der Waals surface area (Å²) in [6.07, 6.45) is 8.86. The molecule has 42 heavy (non-hydrogen) atoms. The van der Waals surface area contributed by atoms with Gasteiger partial charge in [0.05, 0.1) is 29.2 Å². The van der Waals surface area contributed by atoms with Gasteiger partial charge in [-0.15, -0.1) is 11.8 Å². The fourth-order valence-corrected chi connectivity index (χ4v) is 9.51. The summed E-state index contributed by atoms with van der Waals surface area (Å²) in [6, 6.07) is 14.2. The van der Waals surface area contributed by atoms with E-state index in [1.165, 1.54) is 0 Å². The van der Waals surface area contributed by atoms with E-state index >= 15 is 0 Å². The van der Waals surface area contributed by atoms with Crippen LogP contribution >= 0.6 is 11.8 Å². The highest BCUT2D eigenvalue weighted by Gasteiger charge is 2.72. The Bertz CT molecular complexity index is 1440. The van der Waals surface area contributed by atoms with Crippen LogP contribution in [0.15, 0.2) is 72.8 Å². The van der Waals surface area contributed by atoms with Gasteiger partial charge in [0, 0.05) is 29.7 Å². The van der Waals surface area contributed by atoms with Crippen LogP contribution < -0.4 is 9.80 Å². The fraction of sp³-hybridized carbons (Fsp3) is 0.441. The first-order chi connectivity index (χ1) is 20.2. The summed E-state index contributed by atoms with van der Waals surface area (Å²) in [7, 11) is 0. The number of aryl methyl sites for hydroxylation is 2. The summed E-state index contributed by atoms with van der Waals surface area (Å²) in [5, 5.41) is 10.4. The molecule has 2 saturated heterocycles. The Morgan fingerprint density at radius 2 is 1.62 bits per heavy atom. The minimum Gasteiger partial charge on any atom is -0.394 e. The van der Waals surface area contributed by atoms with Crippen LogP contribution in [0.5, 0.6) is 0 Å².